The summed E-state index contributed by atoms with van der Waals surface area (Å²) in [7, 11) is -1.19. The molecule has 0 spiro atoms. The summed E-state index contributed by atoms with van der Waals surface area (Å²) in [6.07, 6.45) is 11.2. The van der Waals surface area contributed by atoms with Crippen molar-refractivity contribution in [1.29, 1.82) is 0 Å². The molecule has 1 fully saturated rings. The van der Waals surface area contributed by atoms with Gasteiger partial charge in [-0.05, 0) is 85.1 Å². The van der Waals surface area contributed by atoms with E-state index in [0.717, 1.165) is 61.5 Å². The van der Waals surface area contributed by atoms with Crippen LogP contribution in [0.3, 0.4) is 0 Å². The molecule has 1 aliphatic heterocycles. The smallest absolute Gasteiger partial charge is 0.497 e. The lowest BCUT2D eigenvalue weighted by atomic mass is 9.86. The number of hydrogen-bond donors (Lipinski definition) is 0. The van der Waals surface area contributed by atoms with Crippen molar-refractivity contribution in [2.75, 3.05) is 7.11 Å². The van der Waals surface area contributed by atoms with Gasteiger partial charge in [-0.2, -0.15) is 0 Å². The number of nitrogens with zero attached hydrogens (tertiary/aromatic N) is 3. The Morgan fingerprint density at radius 2 is 1.59 bits per heavy atom. The number of aromatic nitrogens is 1. The molecular formula is C34H25BF2N3O. The molecule has 7 heteroatoms. The number of ether oxygens (including phenoxy) is 1. The zero-order chi connectivity index (χ0) is 27.9. The van der Waals surface area contributed by atoms with Crippen molar-refractivity contribution in [3.63, 3.8) is 0 Å². The molecule has 2 aliphatic carbocycles. The fraction of sp³-hybridized carbons (Fsp3) is 0.0882. The average Bonchev–Trinajstić information content (AvgIpc) is 3.76. The lowest BCUT2D eigenvalue weighted by Crippen LogP contribution is -2.16. The number of amidine groups is 1. The number of halogens is 2. The van der Waals surface area contributed by atoms with Crippen molar-refractivity contribution in [2.24, 2.45) is 9.98 Å². The molecule has 7 rings (SSSR count). The first-order valence-corrected chi connectivity index (χ1v) is 13.6. The maximum Gasteiger partial charge on any atom is 0.679 e. The van der Waals surface area contributed by atoms with E-state index in [4.69, 9.17) is 14.7 Å². The Balaban J connectivity index is 1.49. The number of hydrogen-bond acceptors (Lipinski definition) is 2. The molecule has 0 bridgehead atoms. The summed E-state index contributed by atoms with van der Waals surface area (Å²) in [6, 6.07) is 25.2. The summed E-state index contributed by atoms with van der Waals surface area (Å²) < 4.78 is 36.9. The minimum atomic E-state index is -2.81. The first-order chi connectivity index (χ1) is 20.1. The van der Waals surface area contributed by atoms with Gasteiger partial charge >= 0.3 is 7.40 Å². The fourth-order valence-corrected chi connectivity index (χ4v) is 5.88. The van der Waals surface area contributed by atoms with Crippen molar-refractivity contribution in [1.82, 2.24) is 4.48 Å². The van der Waals surface area contributed by atoms with E-state index in [9.17, 15) is 0 Å². The second-order valence-electron chi connectivity index (χ2n) is 10.1. The van der Waals surface area contributed by atoms with E-state index in [-0.39, 0.29) is 5.82 Å². The van der Waals surface area contributed by atoms with Crippen molar-refractivity contribution in [2.45, 2.75) is 12.8 Å². The third-order valence-corrected chi connectivity index (χ3v) is 7.75. The minimum absolute atomic E-state index is 0.212. The molecule has 2 heterocycles. The monoisotopic (exact) mass is 540 g/mol. The lowest BCUT2D eigenvalue weighted by molar-refractivity contribution is 0.414. The van der Waals surface area contributed by atoms with Gasteiger partial charge in [-0.3, -0.25) is 8.63 Å². The highest BCUT2D eigenvalue weighted by Crippen LogP contribution is 2.48. The number of aliphatic imine (C=N–C) groups is 2. The Morgan fingerprint density at radius 1 is 0.878 bits per heavy atom. The molecule has 0 amide bonds. The highest BCUT2D eigenvalue weighted by atomic mass is 19.2. The van der Waals surface area contributed by atoms with Crippen LogP contribution in [0.2, 0.25) is 0 Å². The Morgan fingerprint density at radius 3 is 2.27 bits per heavy atom. The van der Waals surface area contributed by atoms with Crippen LogP contribution in [-0.2, 0) is 12.8 Å². The molecule has 1 saturated carbocycles. The van der Waals surface area contributed by atoms with Gasteiger partial charge in [0, 0.05) is 28.3 Å². The summed E-state index contributed by atoms with van der Waals surface area (Å²) in [5, 5.41) is 0. The standard InChI is InChI=1S/C34H25BF2N3O/c1-41-26-17-19-27-25(20-26)16-18-28-31(24-14-6-3-7-15-24)34(40(32(27)28)35(36)37)39-33-29(22-10-4-2-5-11-22)21-30(38-33)23-12-8-9-13-23/h2-15,17,19-21H,16,18H2,1H3/b39-33-. The van der Waals surface area contributed by atoms with Gasteiger partial charge in [-0.1, -0.05) is 60.7 Å². The van der Waals surface area contributed by atoms with Crippen molar-refractivity contribution < 1.29 is 13.4 Å². The molecule has 3 aromatic carbocycles. The van der Waals surface area contributed by atoms with Crippen LogP contribution in [0.15, 0.2) is 94.9 Å². The minimum Gasteiger partial charge on any atom is -0.497 e. The summed E-state index contributed by atoms with van der Waals surface area (Å²) >= 11 is 0. The molecule has 199 valence electrons. The molecule has 0 N–H and O–H groups in total. The van der Waals surface area contributed by atoms with Crippen LogP contribution in [0.1, 0.15) is 16.7 Å². The summed E-state index contributed by atoms with van der Waals surface area (Å²) in [6.45, 7) is 0. The third-order valence-electron chi connectivity index (χ3n) is 7.75. The number of aryl methyl sites for hydroxylation is 1. The Labute approximate surface area is 239 Å². The van der Waals surface area contributed by atoms with E-state index in [1.54, 1.807) is 7.11 Å². The van der Waals surface area contributed by atoms with Gasteiger partial charge in [0.1, 0.15) is 11.6 Å². The van der Waals surface area contributed by atoms with Gasteiger partial charge in [0.15, 0.2) is 5.84 Å². The first-order valence-electron chi connectivity index (χ1n) is 13.6. The second kappa shape index (κ2) is 10.6. The quantitative estimate of drug-likeness (QED) is 0.231. The van der Waals surface area contributed by atoms with Gasteiger partial charge in [-0.15, -0.1) is 0 Å². The van der Waals surface area contributed by atoms with Crippen LogP contribution in [-0.4, -0.2) is 30.5 Å². The number of allylic oxidation sites excluding steroid dienone is 1. The van der Waals surface area contributed by atoms with E-state index in [0.29, 0.717) is 23.7 Å². The largest absolute Gasteiger partial charge is 0.679 e. The normalized spacial score (nSPS) is 17.3. The Kier molecular flexibility index (Phi) is 6.66. The van der Waals surface area contributed by atoms with Crippen LogP contribution in [0.5, 0.6) is 5.75 Å². The molecule has 5 radical (unpaired) electrons. The predicted molar refractivity (Wildman–Crippen MR) is 162 cm³/mol. The average molecular weight is 540 g/mol. The Hall–Kier alpha value is -4.26. The van der Waals surface area contributed by atoms with E-state index < -0.39 is 7.40 Å². The van der Waals surface area contributed by atoms with Crippen LogP contribution in [0, 0.1) is 31.6 Å². The topological polar surface area (TPSA) is 38.9 Å². The number of methoxy groups -OCH3 is 1. The molecule has 0 saturated heterocycles. The van der Waals surface area contributed by atoms with Crippen LogP contribution in [0.4, 0.5) is 14.4 Å². The van der Waals surface area contributed by atoms with Crippen molar-refractivity contribution >= 4 is 30.3 Å². The second-order valence-corrected chi connectivity index (χ2v) is 10.1. The molecule has 4 aromatic rings. The number of benzene rings is 3. The van der Waals surface area contributed by atoms with E-state index in [1.807, 2.05) is 111 Å². The summed E-state index contributed by atoms with van der Waals surface area (Å²) in [4.78, 5) is 9.90. The molecule has 41 heavy (non-hydrogen) atoms. The highest BCUT2D eigenvalue weighted by molar-refractivity contribution is 6.43. The first kappa shape index (κ1) is 25.7. The van der Waals surface area contributed by atoms with Crippen molar-refractivity contribution in [3.05, 3.63) is 133 Å². The van der Waals surface area contributed by atoms with E-state index in [1.165, 1.54) is 0 Å². The van der Waals surface area contributed by atoms with Gasteiger partial charge in [-0.25, -0.2) is 9.98 Å². The molecule has 3 aliphatic rings. The zero-order valence-electron chi connectivity index (χ0n) is 22.4. The van der Waals surface area contributed by atoms with Gasteiger partial charge in [0.2, 0.25) is 0 Å². The van der Waals surface area contributed by atoms with E-state index >= 15 is 8.63 Å². The van der Waals surface area contributed by atoms with Gasteiger partial charge in [0.25, 0.3) is 0 Å². The SMILES string of the molecule is COc1ccc2c(c1)CCc1c(-c3ccccc3)c(/N=C3\N=C([C]4[CH][CH][CH][CH]4)C=C3c3ccccc3)n(B(F)F)c1-2. The molecule has 0 atom stereocenters. The third kappa shape index (κ3) is 4.53. The molecule has 4 nitrogen and oxygen atoms in total. The summed E-state index contributed by atoms with van der Waals surface area (Å²) in [5.74, 6) is 2.29. The highest BCUT2D eigenvalue weighted by Gasteiger charge is 2.36. The number of fused-ring (bicyclic) bond motifs is 3. The fourth-order valence-electron chi connectivity index (χ4n) is 5.88. The summed E-state index contributed by atoms with van der Waals surface area (Å²) in [5.41, 5.74) is 7.19. The lowest BCUT2D eigenvalue weighted by Gasteiger charge is -2.20. The van der Waals surface area contributed by atoms with Gasteiger partial charge < -0.3 is 9.21 Å². The molecular weight excluding hydrogens is 515 g/mol. The van der Waals surface area contributed by atoms with Crippen LogP contribution in [0.25, 0.3) is 28.0 Å². The van der Waals surface area contributed by atoms with Crippen LogP contribution < -0.4 is 4.74 Å². The number of rotatable bonds is 6. The van der Waals surface area contributed by atoms with E-state index in [2.05, 4.69) is 0 Å². The van der Waals surface area contributed by atoms with Crippen molar-refractivity contribution in [3.8, 4) is 28.1 Å². The zero-order valence-corrected chi connectivity index (χ0v) is 22.4. The Bertz CT molecular complexity index is 1700. The maximum atomic E-state index is 15.2. The predicted octanol–water partition coefficient (Wildman–Crippen LogP) is 7.67. The molecule has 0 unspecified atom stereocenters. The maximum absolute atomic E-state index is 15.2. The van der Waals surface area contributed by atoms with Crippen LogP contribution >= 0.6 is 0 Å². The molecule has 1 aromatic heterocycles. The van der Waals surface area contributed by atoms with Gasteiger partial charge in [0.05, 0.1) is 12.8 Å².